The smallest absolute Gasteiger partial charge is 0.0618 e. The fourth-order valence-corrected chi connectivity index (χ4v) is 1.68. The highest BCUT2D eigenvalue weighted by Gasteiger charge is 2.11. The lowest BCUT2D eigenvalue weighted by Crippen LogP contribution is -2.38. The Labute approximate surface area is 86.8 Å². The lowest BCUT2D eigenvalue weighted by atomic mass is 10.1. The Hall–Kier alpha value is 0.270. The monoisotopic (exact) mass is 205 g/mol. The van der Waals surface area contributed by atoms with Crippen molar-refractivity contribution in [3.8, 4) is 0 Å². The van der Waals surface area contributed by atoms with Gasteiger partial charge < -0.3 is 10.1 Å². The molecular formula is C10H23NOS. The number of hydrogen-bond acceptors (Lipinski definition) is 3. The van der Waals surface area contributed by atoms with Crippen molar-refractivity contribution in [1.29, 1.82) is 0 Å². The first-order chi connectivity index (χ1) is 6.22. The fourth-order valence-electron chi connectivity index (χ4n) is 1.13. The quantitative estimate of drug-likeness (QED) is 0.612. The molecule has 0 aliphatic heterocycles. The minimum Gasteiger partial charge on any atom is -0.383 e. The van der Waals surface area contributed by atoms with Crippen LogP contribution in [0.2, 0.25) is 0 Å². The maximum absolute atomic E-state index is 5.15. The predicted molar refractivity (Wildman–Crippen MR) is 61.5 cm³/mol. The molecule has 0 aliphatic carbocycles. The lowest BCUT2D eigenvalue weighted by molar-refractivity contribution is 0.148. The molecule has 0 spiro atoms. The van der Waals surface area contributed by atoms with Crippen LogP contribution in [0.3, 0.4) is 0 Å². The van der Waals surface area contributed by atoms with Gasteiger partial charge in [0.2, 0.25) is 0 Å². The van der Waals surface area contributed by atoms with Crippen molar-refractivity contribution < 1.29 is 4.74 Å². The van der Waals surface area contributed by atoms with Gasteiger partial charge >= 0.3 is 0 Å². The van der Waals surface area contributed by atoms with Crippen molar-refractivity contribution in [2.24, 2.45) is 5.92 Å². The zero-order valence-electron chi connectivity index (χ0n) is 9.30. The van der Waals surface area contributed by atoms with Crippen LogP contribution in [-0.4, -0.2) is 37.8 Å². The van der Waals surface area contributed by atoms with Gasteiger partial charge in [0.15, 0.2) is 0 Å². The Balaban J connectivity index is 3.45. The number of hydrogen-bond donors (Lipinski definition) is 1. The van der Waals surface area contributed by atoms with Crippen molar-refractivity contribution in [3.05, 3.63) is 0 Å². The van der Waals surface area contributed by atoms with E-state index in [1.54, 1.807) is 7.11 Å². The largest absolute Gasteiger partial charge is 0.383 e. The molecule has 80 valence electrons. The van der Waals surface area contributed by atoms with E-state index in [1.807, 2.05) is 11.8 Å². The normalized spacial score (nSPS) is 13.6. The maximum atomic E-state index is 5.15. The lowest BCUT2D eigenvalue weighted by Gasteiger charge is -2.21. The average molecular weight is 205 g/mol. The molecule has 2 nitrogen and oxygen atoms in total. The molecule has 0 fully saturated rings. The number of rotatable bonds is 8. The second-order valence-electron chi connectivity index (χ2n) is 3.46. The number of nitrogens with one attached hydrogen (secondary N) is 1. The van der Waals surface area contributed by atoms with Gasteiger partial charge in [0.05, 0.1) is 6.61 Å². The Morgan fingerprint density at radius 1 is 1.38 bits per heavy atom. The predicted octanol–water partition coefficient (Wildman–Crippen LogP) is 2.00. The van der Waals surface area contributed by atoms with E-state index in [9.17, 15) is 0 Å². The molecule has 0 heterocycles. The van der Waals surface area contributed by atoms with Crippen molar-refractivity contribution >= 4 is 11.8 Å². The van der Waals surface area contributed by atoms with Crippen LogP contribution in [-0.2, 0) is 4.74 Å². The minimum atomic E-state index is 0.502. The molecule has 0 saturated carbocycles. The van der Waals surface area contributed by atoms with E-state index in [2.05, 4.69) is 26.1 Å². The van der Waals surface area contributed by atoms with E-state index in [0.29, 0.717) is 12.0 Å². The SMILES string of the molecule is CCSCCNC(COC)C(C)C. The second kappa shape index (κ2) is 8.85. The van der Waals surface area contributed by atoms with Crippen molar-refractivity contribution in [3.63, 3.8) is 0 Å². The third-order valence-electron chi connectivity index (χ3n) is 2.01. The van der Waals surface area contributed by atoms with E-state index in [4.69, 9.17) is 4.74 Å². The summed E-state index contributed by atoms with van der Waals surface area (Å²) < 4.78 is 5.15. The molecule has 0 radical (unpaired) electrons. The van der Waals surface area contributed by atoms with Crippen molar-refractivity contribution in [1.82, 2.24) is 5.32 Å². The first-order valence-corrected chi connectivity index (χ1v) is 6.17. The van der Waals surface area contributed by atoms with E-state index in [-0.39, 0.29) is 0 Å². The summed E-state index contributed by atoms with van der Waals surface area (Å²) >= 11 is 1.98. The topological polar surface area (TPSA) is 21.3 Å². The average Bonchev–Trinajstić information content (AvgIpc) is 2.10. The summed E-state index contributed by atoms with van der Waals surface area (Å²) in [5.74, 6) is 3.05. The van der Waals surface area contributed by atoms with Gasteiger partial charge in [-0.1, -0.05) is 20.8 Å². The third kappa shape index (κ3) is 7.35. The Morgan fingerprint density at radius 3 is 2.54 bits per heavy atom. The summed E-state index contributed by atoms with van der Waals surface area (Å²) in [5, 5.41) is 3.51. The number of thioether (sulfide) groups is 1. The van der Waals surface area contributed by atoms with Gasteiger partial charge in [0.25, 0.3) is 0 Å². The Kier molecular flexibility index (Phi) is 9.03. The van der Waals surface area contributed by atoms with Crippen LogP contribution in [0.5, 0.6) is 0 Å². The van der Waals surface area contributed by atoms with E-state index in [0.717, 1.165) is 13.2 Å². The molecule has 1 atom stereocenters. The molecule has 0 aromatic rings. The van der Waals surface area contributed by atoms with Gasteiger partial charge in [-0.15, -0.1) is 0 Å². The summed E-state index contributed by atoms with van der Waals surface area (Å²) in [6.07, 6.45) is 0. The van der Waals surface area contributed by atoms with Crippen LogP contribution in [0.1, 0.15) is 20.8 Å². The standard InChI is InChI=1S/C10H23NOS/c1-5-13-7-6-11-10(8-12-4)9(2)3/h9-11H,5-8H2,1-4H3. The molecule has 0 aromatic heterocycles. The molecule has 0 amide bonds. The van der Waals surface area contributed by atoms with Gasteiger partial charge in [-0.3, -0.25) is 0 Å². The maximum Gasteiger partial charge on any atom is 0.0618 e. The molecule has 3 heteroatoms. The van der Waals surface area contributed by atoms with Gasteiger partial charge in [-0.05, 0) is 11.7 Å². The number of ether oxygens (including phenoxy) is 1. The number of methoxy groups -OCH3 is 1. The third-order valence-corrected chi connectivity index (χ3v) is 2.91. The Morgan fingerprint density at radius 2 is 2.08 bits per heavy atom. The van der Waals surface area contributed by atoms with Gasteiger partial charge in [0.1, 0.15) is 0 Å². The summed E-state index contributed by atoms with van der Waals surface area (Å²) in [6.45, 7) is 8.55. The summed E-state index contributed by atoms with van der Waals surface area (Å²) in [6, 6.07) is 0.502. The van der Waals surface area contributed by atoms with Crippen LogP contribution in [0, 0.1) is 5.92 Å². The fraction of sp³-hybridized carbons (Fsp3) is 1.00. The highest BCUT2D eigenvalue weighted by Crippen LogP contribution is 2.02. The first kappa shape index (κ1) is 13.3. The minimum absolute atomic E-state index is 0.502. The van der Waals surface area contributed by atoms with Crippen LogP contribution in [0.15, 0.2) is 0 Å². The summed E-state index contributed by atoms with van der Waals surface area (Å²) in [7, 11) is 1.76. The van der Waals surface area contributed by atoms with Crippen molar-refractivity contribution in [2.45, 2.75) is 26.8 Å². The van der Waals surface area contributed by atoms with Crippen LogP contribution in [0.25, 0.3) is 0 Å². The molecule has 1 N–H and O–H groups in total. The van der Waals surface area contributed by atoms with E-state index < -0.39 is 0 Å². The van der Waals surface area contributed by atoms with Crippen LogP contribution >= 0.6 is 11.8 Å². The van der Waals surface area contributed by atoms with Crippen molar-refractivity contribution in [2.75, 3.05) is 31.8 Å². The van der Waals surface area contributed by atoms with Gasteiger partial charge in [0, 0.05) is 25.4 Å². The van der Waals surface area contributed by atoms with E-state index >= 15 is 0 Å². The van der Waals surface area contributed by atoms with E-state index in [1.165, 1.54) is 11.5 Å². The highest BCUT2D eigenvalue weighted by atomic mass is 32.2. The summed E-state index contributed by atoms with van der Waals surface area (Å²) in [5.41, 5.74) is 0. The highest BCUT2D eigenvalue weighted by molar-refractivity contribution is 7.99. The molecular weight excluding hydrogens is 182 g/mol. The Bertz CT molecular complexity index is 109. The summed E-state index contributed by atoms with van der Waals surface area (Å²) in [4.78, 5) is 0. The van der Waals surface area contributed by atoms with Gasteiger partial charge in [-0.2, -0.15) is 11.8 Å². The second-order valence-corrected chi connectivity index (χ2v) is 4.85. The molecule has 0 saturated heterocycles. The molecule has 13 heavy (non-hydrogen) atoms. The molecule has 0 aliphatic rings. The molecule has 0 bridgehead atoms. The van der Waals surface area contributed by atoms with Gasteiger partial charge in [-0.25, -0.2) is 0 Å². The van der Waals surface area contributed by atoms with Crippen LogP contribution in [0.4, 0.5) is 0 Å². The zero-order valence-corrected chi connectivity index (χ0v) is 10.1. The molecule has 1 unspecified atom stereocenters. The van der Waals surface area contributed by atoms with Crippen LogP contribution < -0.4 is 5.32 Å². The zero-order chi connectivity index (χ0) is 10.1. The molecule has 0 rings (SSSR count). The first-order valence-electron chi connectivity index (χ1n) is 5.02. The molecule has 0 aromatic carbocycles.